The van der Waals surface area contributed by atoms with Gasteiger partial charge < -0.3 is 15.7 Å². The first-order chi connectivity index (χ1) is 6.63. The van der Waals surface area contributed by atoms with Crippen molar-refractivity contribution in [2.75, 3.05) is 13.1 Å². The number of aliphatic hydroxyl groups excluding tert-OH is 1. The Balaban J connectivity index is 2.48. The van der Waals surface area contributed by atoms with E-state index in [4.69, 9.17) is 6.42 Å². The highest BCUT2D eigenvalue weighted by Crippen LogP contribution is 2.00. The quantitative estimate of drug-likeness (QED) is 0.523. The summed E-state index contributed by atoms with van der Waals surface area (Å²) in [5.41, 5.74) is 0. The van der Waals surface area contributed by atoms with Crippen molar-refractivity contribution in [1.29, 1.82) is 0 Å². The summed E-state index contributed by atoms with van der Waals surface area (Å²) in [5, 5.41) is 15.3. The van der Waals surface area contributed by atoms with Crippen molar-refractivity contribution in [3.05, 3.63) is 0 Å². The highest BCUT2D eigenvalue weighted by Gasteiger charge is 2.15. The smallest absolute Gasteiger partial charge is 0.192 e. The third-order valence-electron chi connectivity index (χ3n) is 2.10. The summed E-state index contributed by atoms with van der Waals surface area (Å²) >= 11 is 0. The van der Waals surface area contributed by atoms with Crippen LogP contribution in [0.25, 0.3) is 0 Å². The van der Waals surface area contributed by atoms with Gasteiger partial charge >= 0.3 is 0 Å². The predicted molar refractivity (Wildman–Crippen MR) is 56.9 cm³/mol. The number of hydrogen-bond donors (Lipinski definition) is 3. The summed E-state index contributed by atoms with van der Waals surface area (Å²) in [7, 11) is 0. The lowest BCUT2D eigenvalue weighted by Crippen LogP contribution is -2.50. The molecule has 4 heteroatoms. The third kappa shape index (κ3) is 2.93. The fraction of sp³-hybridized carbons (Fsp3) is 0.700. The number of nitrogens with one attached hydrogen (secondary N) is 2. The van der Waals surface area contributed by atoms with Gasteiger partial charge in [0.1, 0.15) is 0 Å². The number of hydrogen-bond acceptors (Lipinski definition) is 4. The molecule has 0 spiro atoms. The van der Waals surface area contributed by atoms with E-state index in [9.17, 15) is 5.11 Å². The molecule has 1 heterocycles. The van der Waals surface area contributed by atoms with E-state index in [2.05, 4.69) is 35.4 Å². The van der Waals surface area contributed by atoms with Crippen LogP contribution in [0.2, 0.25) is 0 Å². The van der Waals surface area contributed by atoms with Gasteiger partial charge in [-0.05, 0) is 5.92 Å². The highest BCUT2D eigenvalue weighted by molar-refractivity contribution is 5.81. The van der Waals surface area contributed by atoms with Crippen molar-refractivity contribution >= 4 is 5.96 Å². The summed E-state index contributed by atoms with van der Waals surface area (Å²) in [4.78, 5) is 4.13. The fourth-order valence-corrected chi connectivity index (χ4v) is 1.18. The number of nitrogens with zero attached hydrogens (tertiary/aromatic N) is 1. The van der Waals surface area contributed by atoms with E-state index in [1.165, 1.54) is 0 Å². The highest BCUT2D eigenvalue weighted by atomic mass is 16.3. The number of aliphatic imine (C=N–C) groups is 1. The molecule has 0 aromatic rings. The summed E-state index contributed by atoms with van der Waals surface area (Å²) < 4.78 is 0. The molecular formula is C10H17N3O. The molecule has 1 aliphatic rings. The van der Waals surface area contributed by atoms with E-state index in [0.29, 0.717) is 25.0 Å². The van der Waals surface area contributed by atoms with Crippen LogP contribution in [0.4, 0.5) is 0 Å². The molecule has 1 rings (SSSR count). The van der Waals surface area contributed by atoms with Gasteiger partial charge in [0.25, 0.3) is 0 Å². The monoisotopic (exact) mass is 195 g/mol. The Hall–Kier alpha value is -1.21. The van der Waals surface area contributed by atoms with Gasteiger partial charge in [-0.2, -0.15) is 0 Å². The second kappa shape index (κ2) is 4.87. The summed E-state index contributed by atoms with van der Waals surface area (Å²) in [6.45, 7) is 5.07. The Morgan fingerprint density at radius 2 is 2.43 bits per heavy atom. The standard InChI is InChI=1S/C10H17N3O/c1-4-9(7(2)3)13-10-11-5-8(14)6-12-10/h1,7-9,14H,5-6H2,2-3H3,(H2,11,12,13). The summed E-state index contributed by atoms with van der Waals surface area (Å²) in [6.07, 6.45) is 4.99. The van der Waals surface area contributed by atoms with Gasteiger partial charge in [0.2, 0.25) is 0 Å². The van der Waals surface area contributed by atoms with Gasteiger partial charge in [0, 0.05) is 6.54 Å². The lowest BCUT2D eigenvalue weighted by Gasteiger charge is -2.24. The van der Waals surface area contributed by atoms with Gasteiger partial charge in [0.15, 0.2) is 5.96 Å². The molecule has 2 atom stereocenters. The maximum absolute atomic E-state index is 9.19. The molecule has 0 saturated heterocycles. The minimum absolute atomic E-state index is 0.0171. The van der Waals surface area contributed by atoms with Gasteiger partial charge in [-0.15, -0.1) is 6.42 Å². The Bertz CT molecular complexity index is 255. The number of aliphatic hydroxyl groups is 1. The van der Waals surface area contributed by atoms with Crippen LogP contribution in [0.15, 0.2) is 4.99 Å². The van der Waals surface area contributed by atoms with Gasteiger partial charge in [-0.3, -0.25) is 4.99 Å². The largest absolute Gasteiger partial charge is 0.389 e. The van der Waals surface area contributed by atoms with E-state index >= 15 is 0 Å². The lowest BCUT2D eigenvalue weighted by molar-refractivity contribution is 0.180. The van der Waals surface area contributed by atoms with Crippen LogP contribution in [0, 0.1) is 18.3 Å². The molecule has 2 unspecified atom stereocenters. The Labute approximate surface area is 84.8 Å². The van der Waals surface area contributed by atoms with Gasteiger partial charge in [-0.25, -0.2) is 0 Å². The SMILES string of the molecule is C#CC(NC1=NCC(O)CN1)C(C)C. The zero-order chi connectivity index (χ0) is 10.6. The van der Waals surface area contributed by atoms with E-state index in [-0.39, 0.29) is 12.1 Å². The van der Waals surface area contributed by atoms with Crippen LogP contribution in [-0.2, 0) is 0 Å². The van der Waals surface area contributed by atoms with Crippen LogP contribution in [0.1, 0.15) is 13.8 Å². The van der Waals surface area contributed by atoms with Crippen LogP contribution in [-0.4, -0.2) is 36.3 Å². The first kappa shape index (κ1) is 10.9. The molecule has 4 nitrogen and oxygen atoms in total. The zero-order valence-corrected chi connectivity index (χ0v) is 8.62. The molecule has 1 aliphatic heterocycles. The van der Waals surface area contributed by atoms with Crippen molar-refractivity contribution in [3.8, 4) is 12.3 Å². The molecule has 0 radical (unpaired) electrons. The Kier molecular flexibility index (Phi) is 3.78. The minimum atomic E-state index is -0.385. The first-order valence-corrected chi connectivity index (χ1v) is 4.82. The molecule has 0 amide bonds. The molecule has 14 heavy (non-hydrogen) atoms. The maximum atomic E-state index is 9.19. The number of β-amino-alcohol motifs (C(OH)–C–C–N with tert-alkyl or cyclic N) is 1. The average Bonchev–Trinajstić information content (AvgIpc) is 2.16. The molecule has 0 aromatic heterocycles. The number of terminal acetylenes is 1. The van der Waals surface area contributed by atoms with Gasteiger partial charge in [-0.1, -0.05) is 19.8 Å². The average molecular weight is 195 g/mol. The fourth-order valence-electron chi connectivity index (χ4n) is 1.18. The molecule has 78 valence electrons. The second-order valence-electron chi connectivity index (χ2n) is 3.76. The lowest BCUT2D eigenvalue weighted by atomic mass is 10.1. The van der Waals surface area contributed by atoms with Crippen LogP contribution < -0.4 is 10.6 Å². The van der Waals surface area contributed by atoms with Crippen LogP contribution >= 0.6 is 0 Å². The topological polar surface area (TPSA) is 56.7 Å². The van der Waals surface area contributed by atoms with E-state index in [0.717, 1.165) is 0 Å². The Morgan fingerprint density at radius 3 is 2.86 bits per heavy atom. The first-order valence-electron chi connectivity index (χ1n) is 4.82. The normalized spacial score (nSPS) is 23.4. The van der Waals surface area contributed by atoms with E-state index in [1.807, 2.05) is 0 Å². The molecule has 0 saturated carbocycles. The zero-order valence-electron chi connectivity index (χ0n) is 8.62. The van der Waals surface area contributed by atoms with Crippen molar-refractivity contribution in [2.45, 2.75) is 26.0 Å². The van der Waals surface area contributed by atoms with Crippen molar-refractivity contribution < 1.29 is 5.11 Å². The molecule has 0 aliphatic carbocycles. The van der Waals surface area contributed by atoms with Crippen molar-refractivity contribution in [1.82, 2.24) is 10.6 Å². The van der Waals surface area contributed by atoms with Crippen LogP contribution in [0.5, 0.6) is 0 Å². The van der Waals surface area contributed by atoms with Crippen molar-refractivity contribution in [2.24, 2.45) is 10.9 Å². The molecule has 3 N–H and O–H groups in total. The molecule has 0 aromatic carbocycles. The van der Waals surface area contributed by atoms with Gasteiger partial charge in [0.05, 0.1) is 18.7 Å². The number of guanidine groups is 1. The second-order valence-corrected chi connectivity index (χ2v) is 3.76. The Morgan fingerprint density at radius 1 is 1.71 bits per heavy atom. The summed E-state index contributed by atoms with van der Waals surface area (Å²) in [6, 6.07) is -0.0171. The third-order valence-corrected chi connectivity index (χ3v) is 2.10. The van der Waals surface area contributed by atoms with Crippen molar-refractivity contribution in [3.63, 3.8) is 0 Å². The minimum Gasteiger partial charge on any atom is -0.389 e. The van der Waals surface area contributed by atoms with E-state index in [1.54, 1.807) is 0 Å². The maximum Gasteiger partial charge on any atom is 0.192 e. The summed E-state index contributed by atoms with van der Waals surface area (Å²) in [5.74, 6) is 3.71. The number of rotatable bonds is 2. The van der Waals surface area contributed by atoms with Crippen LogP contribution in [0.3, 0.4) is 0 Å². The van der Waals surface area contributed by atoms with E-state index < -0.39 is 0 Å². The molecule has 0 fully saturated rings. The molecule has 0 bridgehead atoms. The molecular weight excluding hydrogens is 178 g/mol. The predicted octanol–water partition coefficient (Wildman–Crippen LogP) is -0.446.